The van der Waals surface area contributed by atoms with Crippen molar-refractivity contribution >= 4 is 28.4 Å². The second-order valence-corrected chi connectivity index (χ2v) is 8.35. The molecule has 0 spiro atoms. The van der Waals surface area contributed by atoms with Crippen LogP contribution in [0.3, 0.4) is 0 Å². The van der Waals surface area contributed by atoms with Crippen LogP contribution in [0.25, 0.3) is 10.9 Å². The van der Waals surface area contributed by atoms with Gasteiger partial charge in [-0.15, -0.1) is 0 Å². The molecule has 2 heterocycles. The standard InChI is InChI=1S/C24H28ClN3O3/c1-28(20-7-10-30-11-8-20)9-12-31-21-4-2-3-17(13-21)16-26-24(29)23-14-18-5-6-19(25)15-22(18)27-23/h2-6,13-15,20,27H,7-12,16H2,1H3,(H,26,29). The molecule has 3 aromatic rings. The fourth-order valence-electron chi connectivity index (χ4n) is 3.86. The molecule has 1 amide bonds. The van der Waals surface area contributed by atoms with Crippen LogP contribution >= 0.6 is 11.6 Å². The van der Waals surface area contributed by atoms with E-state index in [4.69, 9.17) is 21.1 Å². The summed E-state index contributed by atoms with van der Waals surface area (Å²) < 4.78 is 11.4. The summed E-state index contributed by atoms with van der Waals surface area (Å²) in [6, 6.07) is 15.8. The second-order valence-electron chi connectivity index (χ2n) is 7.92. The van der Waals surface area contributed by atoms with Crippen molar-refractivity contribution in [2.24, 2.45) is 0 Å². The maximum absolute atomic E-state index is 12.5. The van der Waals surface area contributed by atoms with Crippen LogP contribution in [0.5, 0.6) is 5.75 Å². The number of hydrogen-bond acceptors (Lipinski definition) is 4. The third kappa shape index (κ3) is 5.79. The molecule has 0 unspecified atom stereocenters. The zero-order chi connectivity index (χ0) is 21.6. The molecular formula is C24H28ClN3O3. The van der Waals surface area contributed by atoms with Crippen LogP contribution in [0.2, 0.25) is 5.02 Å². The van der Waals surface area contributed by atoms with E-state index in [1.54, 1.807) is 0 Å². The van der Waals surface area contributed by atoms with Gasteiger partial charge in [0.2, 0.25) is 0 Å². The van der Waals surface area contributed by atoms with Crippen molar-refractivity contribution in [1.29, 1.82) is 0 Å². The molecule has 0 aliphatic carbocycles. The van der Waals surface area contributed by atoms with Gasteiger partial charge >= 0.3 is 0 Å². The lowest BCUT2D eigenvalue weighted by atomic mass is 10.1. The molecule has 1 aromatic heterocycles. The van der Waals surface area contributed by atoms with Crippen LogP contribution < -0.4 is 10.1 Å². The molecule has 31 heavy (non-hydrogen) atoms. The van der Waals surface area contributed by atoms with E-state index in [0.29, 0.717) is 29.9 Å². The van der Waals surface area contributed by atoms with E-state index >= 15 is 0 Å². The quantitative estimate of drug-likeness (QED) is 0.548. The lowest BCUT2D eigenvalue weighted by molar-refractivity contribution is 0.0392. The van der Waals surface area contributed by atoms with Gasteiger partial charge in [0.1, 0.15) is 18.1 Å². The molecule has 1 aliphatic rings. The van der Waals surface area contributed by atoms with Gasteiger partial charge < -0.3 is 19.8 Å². The summed E-state index contributed by atoms with van der Waals surface area (Å²) in [5.74, 6) is 0.657. The average Bonchev–Trinajstić information content (AvgIpc) is 3.21. The van der Waals surface area contributed by atoms with Gasteiger partial charge in [-0.05, 0) is 55.8 Å². The zero-order valence-electron chi connectivity index (χ0n) is 17.7. The summed E-state index contributed by atoms with van der Waals surface area (Å²) in [5, 5.41) is 4.55. The van der Waals surface area contributed by atoms with Crippen molar-refractivity contribution in [3.8, 4) is 5.75 Å². The third-order valence-electron chi connectivity index (χ3n) is 5.71. The van der Waals surface area contributed by atoms with Crippen molar-refractivity contribution in [3.05, 3.63) is 64.8 Å². The number of amides is 1. The Morgan fingerprint density at radius 3 is 2.90 bits per heavy atom. The molecule has 0 bridgehead atoms. The number of ether oxygens (including phenoxy) is 2. The number of fused-ring (bicyclic) bond motifs is 1. The molecule has 1 saturated heterocycles. The number of nitrogens with one attached hydrogen (secondary N) is 2. The van der Waals surface area contributed by atoms with Gasteiger partial charge in [0.05, 0.1) is 0 Å². The highest BCUT2D eigenvalue weighted by atomic mass is 35.5. The molecule has 7 heteroatoms. The van der Waals surface area contributed by atoms with Gasteiger partial charge in [-0.2, -0.15) is 0 Å². The fraction of sp³-hybridized carbons (Fsp3) is 0.375. The van der Waals surface area contributed by atoms with Crippen molar-refractivity contribution in [1.82, 2.24) is 15.2 Å². The first-order chi connectivity index (χ1) is 15.1. The van der Waals surface area contributed by atoms with Crippen molar-refractivity contribution in [2.75, 3.05) is 33.4 Å². The van der Waals surface area contributed by atoms with Crippen molar-refractivity contribution < 1.29 is 14.3 Å². The number of likely N-dealkylation sites (N-methyl/N-ethyl adjacent to an activating group) is 1. The van der Waals surface area contributed by atoms with E-state index in [1.165, 1.54) is 0 Å². The van der Waals surface area contributed by atoms with Crippen LogP contribution in [0.4, 0.5) is 0 Å². The Labute approximate surface area is 187 Å². The molecule has 2 N–H and O–H groups in total. The predicted molar refractivity (Wildman–Crippen MR) is 123 cm³/mol. The minimum Gasteiger partial charge on any atom is -0.492 e. The van der Waals surface area contributed by atoms with Crippen LogP contribution in [0.1, 0.15) is 28.9 Å². The topological polar surface area (TPSA) is 66.6 Å². The largest absolute Gasteiger partial charge is 0.492 e. The van der Waals surface area contributed by atoms with Crippen molar-refractivity contribution in [2.45, 2.75) is 25.4 Å². The monoisotopic (exact) mass is 441 g/mol. The highest BCUT2D eigenvalue weighted by Gasteiger charge is 2.18. The van der Waals surface area contributed by atoms with E-state index in [0.717, 1.165) is 54.8 Å². The first-order valence-corrected chi connectivity index (χ1v) is 11.0. The van der Waals surface area contributed by atoms with Crippen LogP contribution in [-0.4, -0.2) is 55.2 Å². The van der Waals surface area contributed by atoms with Crippen LogP contribution in [-0.2, 0) is 11.3 Å². The summed E-state index contributed by atoms with van der Waals surface area (Å²) in [7, 11) is 2.14. The number of carbonyl (C=O) groups is 1. The summed E-state index contributed by atoms with van der Waals surface area (Å²) in [6.45, 7) is 3.61. The Kier molecular flexibility index (Phi) is 7.12. The SMILES string of the molecule is CN(CCOc1cccc(CNC(=O)c2cc3ccc(Cl)cc3[nH]2)c1)C1CCOCC1. The second kappa shape index (κ2) is 10.2. The molecule has 2 aromatic carbocycles. The fourth-order valence-corrected chi connectivity index (χ4v) is 4.03. The number of hydrogen-bond donors (Lipinski definition) is 2. The smallest absolute Gasteiger partial charge is 0.267 e. The Morgan fingerprint density at radius 2 is 2.06 bits per heavy atom. The minimum absolute atomic E-state index is 0.156. The van der Waals surface area contributed by atoms with Gasteiger partial charge in [-0.3, -0.25) is 9.69 Å². The minimum atomic E-state index is -0.156. The Balaban J connectivity index is 1.27. The lowest BCUT2D eigenvalue weighted by Gasteiger charge is -2.31. The van der Waals surface area contributed by atoms with E-state index < -0.39 is 0 Å². The number of aromatic amines is 1. The number of benzene rings is 2. The van der Waals surface area contributed by atoms with Crippen molar-refractivity contribution in [3.63, 3.8) is 0 Å². The number of H-pyrrole nitrogens is 1. The van der Waals surface area contributed by atoms with Gasteiger partial charge in [-0.1, -0.05) is 29.8 Å². The molecular weight excluding hydrogens is 414 g/mol. The number of nitrogens with zero attached hydrogens (tertiary/aromatic N) is 1. The first kappa shape index (κ1) is 21.7. The van der Waals surface area contributed by atoms with Crippen LogP contribution in [0, 0.1) is 0 Å². The number of halogens is 1. The van der Waals surface area contributed by atoms with Gasteiger partial charge in [-0.25, -0.2) is 0 Å². The Hall–Kier alpha value is -2.54. The van der Waals surface area contributed by atoms with Gasteiger partial charge in [0, 0.05) is 48.3 Å². The first-order valence-electron chi connectivity index (χ1n) is 10.6. The average molecular weight is 442 g/mol. The number of rotatable bonds is 8. The predicted octanol–water partition coefficient (Wildman–Crippen LogP) is 4.24. The van der Waals surface area contributed by atoms with E-state index in [9.17, 15) is 4.79 Å². The van der Waals surface area contributed by atoms with Gasteiger partial charge in [0.25, 0.3) is 5.91 Å². The molecule has 0 atom stereocenters. The van der Waals surface area contributed by atoms with Gasteiger partial charge in [0.15, 0.2) is 0 Å². The Morgan fingerprint density at radius 1 is 1.23 bits per heavy atom. The number of aromatic nitrogens is 1. The molecule has 1 aliphatic heterocycles. The molecule has 164 valence electrons. The highest BCUT2D eigenvalue weighted by Crippen LogP contribution is 2.20. The molecule has 1 fully saturated rings. The maximum atomic E-state index is 12.5. The number of carbonyl (C=O) groups excluding carboxylic acids is 1. The lowest BCUT2D eigenvalue weighted by Crippen LogP contribution is -2.38. The molecule has 6 nitrogen and oxygen atoms in total. The van der Waals surface area contributed by atoms with E-state index in [1.807, 2.05) is 48.5 Å². The molecule has 0 saturated carbocycles. The highest BCUT2D eigenvalue weighted by molar-refractivity contribution is 6.31. The summed E-state index contributed by atoms with van der Waals surface area (Å²) >= 11 is 6.02. The third-order valence-corrected chi connectivity index (χ3v) is 5.94. The maximum Gasteiger partial charge on any atom is 0.267 e. The summed E-state index contributed by atoms with van der Waals surface area (Å²) in [6.07, 6.45) is 2.16. The zero-order valence-corrected chi connectivity index (χ0v) is 18.5. The normalized spacial score (nSPS) is 14.8. The summed E-state index contributed by atoms with van der Waals surface area (Å²) in [4.78, 5) is 18.0. The molecule has 0 radical (unpaired) electrons. The van der Waals surface area contributed by atoms with E-state index in [-0.39, 0.29) is 5.91 Å². The van der Waals surface area contributed by atoms with E-state index in [2.05, 4.69) is 22.2 Å². The molecule has 4 rings (SSSR count). The van der Waals surface area contributed by atoms with Crippen LogP contribution in [0.15, 0.2) is 48.5 Å². The summed E-state index contributed by atoms with van der Waals surface area (Å²) in [5.41, 5.74) is 2.35. The Bertz CT molecular complexity index is 1030.